The van der Waals surface area contributed by atoms with Gasteiger partial charge in [-0.3, -0.25) is 0 Å². The first-order valence-electron chi connectivity index (χ1n) is 13.8. The van der Waals surface area contributed by atoms with E-state index in [9.17, 15) is 9.90 Å². The van der Waals surface area contributed by atoms with Gasteiger partial charge in [-0.15, -0.1) is 0 Å². The van der Waals surface area contributed by atoms with E-state index >= 15 is 0 Å². The Labute approximate surface area is 198 Å². The first kappa shape index (κ1) is 24.5. The summed E-state index contributed by atoms with van der Waals surface area (Å²) in [6.45, 7) is 16.7. The molecule has 0 aromatic rings. The maximum absolute atomic E-state index is 13.1. The highest BCUT2D eigenvalue weighted by atomic mass is 16.3. The van der Waals surface area contributed by atoms with Crippen molar-refractivity contribution in [1.82, 2.24) is 0 Å². The number of aliphatic hydroxyl groups excluding tert-OH is 1. The van der Waals surface area contributed by atoms with Crippen LogP contribution in [0.1, 0.15) is 113 Å². The van der Waals surface area contributed by atoms with E-state index in [-0.39, 0.29) is 27.8 Å². The van der Waals surface area contributed by atoms with E-state index in [1.165, 1.54) is 50.4 Å². The van der Waals surface area contributed by atoms with E-state index in [2.05, 4.69) is 54.5 Å². The van der Waals surface area contributed by atoms with Crippen molar-refractivity contribution >= 4 is 6.29 Å². The highest BCUT2D eigenvalue weighted by molar-refractivity contribution is 5.69. The van der Waals surface area contributed by atoms with Crippen LogP contribution in [0.15, 0.2) is 11.6 Å². The number of allylic oxidation sites excluding steroid dienone is 2. The number of fused-ring (bicyclic) bond motifs is 5. The molecule has 0 aromatic heterocycles. The Bertz CT molecular complexity index is 750. The lowest BCUT2D eigenvalue weighted by Gasteiger charge is -2.63. The molecule has 0 aromatic carbocycles. The Balaban J connectivity index is 1.65. The summed E-state index contributed by atoms with van der Waals surface area (Å²) in [5, 5.41) is 10.8. The Hall–Kier alpha value is -0.630. The normalized spacial score (nSPS) is 46.1. The summed E-state index contributed by atoms with van der Waals surface area (Å²) in [6, 6.07) is 0. The molecule has 0 aliphatic heterocycles. The van der Waals surface area contributed by atoms with Crippen molar-refractivity contribution in [2.75, 3.05) is 0 Å². The van der Waals surface area contributed by atoms with Gasteiger partial charge in [0.2, 0.25) is 0 Å². The number of hydrogen-bond donors (Lipinski definition) is 1. The molecule has 182 valence electrons. The van der Waals surface area contributed by atoms with Gasteiger partial charge < -0.3 is 9.90 Å². The van der Waals surface area contributed by atoms with Gasteiger partial charge in [-0.2, -0.15) is 0 Å². The molecule has 3 saturated carbocycles. The van der Waals surface area contributed by atoms with Gasteiger partial charge in [-0.1, -0.05) is 79.4 Å². The highest BCUT2D eigenvalue weighted by Crippen LogP contribution is 2.72. The van der Waals surface area contributed by atoms with Crippen LogP contribution >= 0.6 is 0 Å². The summed E-state index contributed by atoms with van der Waals surface area (Å²) in [7, 11) is 0. The van der Waals surface area contributed by atoms with Gasteiger partial charge in [0.25, 0.3) is 0 Å². The van der Waals surface area contributed by atoms with Crippen molar-refractivity contribution in [2.45, 2.75) is 119 Å². The average Bonchev–Trinajstić information content (AvgIpc) is 3.04. The van der Waals surface area contributed by atoms with Gasteiger partial charge in [-0.05, 0) is 90.8 Å². The van der Waals surface area contributed by atoms with Crippen LogP contribution in [0.25, 0.3) is 0 Å². The van der Waals surface area contributed by atoms with Crippen LogP contribution in [0.4, 0.5) is 0 Å². The molecular weight excluding hydrogens is 392 g/mol. The standard InChI is InChI=1S/C30H50O2/c1-20(2)9-8-10-21(3)22-14-18-30(19-31)24-11-12-25-27(4,5)26(32)15-16-28(25,6)23(24)13-17-29(22,30)7/h11,19-23,25-26,32H,8-10,12-18H2,1-7H3/t21-,22-,23+,25?,26+,28-,29-,30-/m1/s1. The predicted octanol–water partition coefficient (Wildman–Crippen LogP) is 7.59. The van der Waals surface area contributed by atoms with Crippen molar-refractivity contribution in [3.8, 4) is 0 Å². The number of aldehydes is 1. The van der Waals surface area contributed by atoms with Gasteiger partial charge in [0, 0.05) is 0 Å². The third-order valence-corrected chi connectivity index (χ3v) is 11.7. The highest BCUT2D eigenvalue weighted by Gasteiger charge is 2.67. The molecule has 1 N–H and O–H groups in total. The maximum Gasteiger partial charge on any atom is 0.130 e. The molecule has 0 bridgehead atoms. The van der Waals surface area contributed by atoms with E-state index in [1.807, 2.05) is 0 Å². The Morgan fingerprint density at radius 1 is 1.03 bits per heavy atom. The summed E-state index contributed by atoms with van der Waals surface area (Å²) < 4.78 is 0. The van der Waals surface area contributed by atoms with Crippen LogP contribution in [0.5, 0.6) is 0 Å². The van der Waals surface area contributed by atoms with Gasteiger partial charge in [-0.25, -0.2) is 0 Å². The molecular formula is C30H50O2. The number of carbonyl (C=O) groups excluding carboxylic acids is 1. The minimum atomic E-state index is -0.249. The lowest BCUT2D eigenvalue weighted by atomic mass is 9.41. The Morgan fingerprint density at radius 3 is 2.41 bits per heavy atom. The third-order valence-electron chi connectivity index (χ3n) is 11.7. The van der Waals surface area contributed by atoms with E-state index < -0.39 is 0 Å². The molecule has 0 spiro atoms. The molecule has 2 heteroatoms. The largest absolute Gasteiger partial charge is 0.393 e. The van der Waals surface area contributed by atoms with Crippen LogP contribution in [0, 0.1) is 51.2 Å². The quantitative estimate of drug-likeness (QED) is 0.340. The van der Waals surface area contributed by atoms with E-state index in [4.69, 9.17) is 0 Å². The first-order valence-corrected chi connectivity index (χ1v) is 13.8. The molecule has 0 radical (unpaired) electrons. The Kier molecular flexibility index (Phi) is 6.31. The van der Waals surface area contributed by atoms with E-state index in [0.717, 1.165) is 31.6 Å². The minimum Gasteiger partial charge on any atom is -0.393 e. The molecule has 4 aliphatic carbocycles. The fraction of sp³-hybridized carbons (Fsp3) is 0.900. The predicted molar refractivity (Wildman–Crippen MR) is 133 cm³/mol. The van der Waals surface area contributed by atoms with Crippen molar-refractivity contribution in [3.63, 3.8) is 0 Å². The molecule has 0 amide bonds. The van der Waals surface area contributed by atoms with Gasteiger partial charge >= 0.3 is 0 Å². The second-order valence-electron chi connectivity index (χ2n) is 13.9. The SMILES string of the molecule is CC(C)CCC[C@@H](C)[C@H]1CC[C@@]2(C=O)C3=CCC4C(C)(C)[C@@H](O)CC[C@]4(C)[C@H]3CC[C@]12C. The van der Waals surface area contributed by atoms with Crippen LogP contribution in [-0.4, -0.2) is 17.5 Å². The van der Waals surface area contributed by atoms with Crippen molar-refractivity contribution in [1.29, 1.82) is 0 Å². The van der Waals surface area contributed by atoms with E-state index in [0.29, 0.717) is 23.7 Å². The number of hydrogen-bond acceptors (Lipinski definition) is 2. The van der Waals surface area contributed by atoms with Crippen LogP contribution in [0.2, 0.25) is 0 Å². The number of rotatable bonds is 6. The Morgan fingerprint density at radius 2 is 1.75 bits per heavy atom. The van der Waals surface area contributed by atoms with Crippen molar-refractivity contribution in [2.24, 2.45) is 51.2 Å². The molecule has 4 rings (SSSR count). The second-order valence-corrected chi connectivity index (χ2v) is 13.9. The molecule has 1 unspecified atom stereocenters. The monoisotopic (exact) mass is 442 g/mol. The summed E-state index contributed by atoms with van der Waals surface area (Å²) in [5.74, 6) is 3.17. The summed E-state index contributed by atoms with van der Waals surface area (Å²) >= 11 is 0. The lowest BCUT2D eigenvalue weighted by molar-refractivity contribution is -0.141. The molecule has 0 heterocycles. The molecule has 3 fully saturated rings. The van der Waals surface area contributed by atoms with Crippen molar-refractivity contribution < 1.29 is 9.90 Å². The smallest absolute Gasteiger partial charge is 0.130 e. The fourth-order valence-electron chi connectivity index (χ4n) is 9.65. The number of aliphatic hydroxyl groups is 1. The van der Waals surface area contributed by atoms with Crippen molar-refractivity contribution in [3.05, 3.63) is 11.6 Å². The van der Waals surface area contributed by atoms with Crippen LogP contribution < -0.4 is 0 Å². The van der Waals surface area contributed by atoms with Gasteiger partial charge in [0.1, 0.15) is 6.29 Å². The molecule has 2 nitrogen and oxygen atoms in total. The second kappa shape index (κ2) is 8.24. The van der Waals surface area contributed by atoms with Crippen LogP contribution in [0.3, 0.4) is 0 Å². The fourth-order valence-corrected chi connectivity index (χ4v) is 9.65. The van der Waals surface area contributed by atoms with Gasteiger partial charge in [0.15, 0.2) is 0 Å². The molecule has 32 heavy (non-hydrogen) atoms. The van der Waals surface area contributed by atoms with Gasteiger partial charge in [0.05, 0.1) is 11.5 Å². The molecule has 0 saturated heterocycles. The zero-order chi connectivity index (χ0) is 23.5. The topological polar surface area (TPSA) is 37.3 Å². The zero-order valence-electron chi connectivity index (χ0n) is 22.0. The van der Waals surface area contributed by atoms with Crippen LogP contribution in [-0.2, 0) is 4.79 Å². The molecule has 4 aliphatic rings. The first-order chi connectivity index (χ1) is 14.9. The van der Waals surface area contributed by atoms with E-state index in [1.54, 1.807) is 0 Å². The summed E-state index contributed by atoms with van der Waals surface area (Å²) in [5.41, 5.74) is 1.55. The minimum absolute atomic E-state index is 0.0484. The maximum atomic E-state index is 13.1. The lowest BCUT2D eigenvalue weighted by Crippen LogP contribution is -2.58. The summed E-state index contributed by atoms with van der Waals surface area (Å²) in [4.78, 5) is 13.1. The third kappa shape index (κ3) is 3.32. The summed E-state index contributed by atoms with van der Waals surface area (Å²) in [6.07, 6.45) is 15.4. The average molecular weight is 443 g/mol. The molecule has 8 atom stereocenters. The zero-order valence-corrected chi connectivity index (χ0v) is 22.0. The number of carbonyl (C=O) groups is 1.